The number of benzene rings is 2. The van der Waals surface area contributed by atoms with Crippen LogP contribution in [0.5, 0.6) is 0 Å². The van der Waals surface area contributed by atoms with E-state index in [1.165, 1.54) is 17.0 Å². The molecule has 0 atom stereocenters. The molecule has 1 aromatic heterocycles. The van der Waals surface area contributed by atoms with E-state index in [1.54, 1.807) is 50.5 Å². The molecule has 0 aliphatic rings. The van der Waals surface area contributed by atoms with Crippen LogP contribution in [0, 0.1) is 19.7 Å². The minimum absolute atomic E-state index is 0.249. The first-order valence-corrected chi connectivity index (χ1v) is 9.34. The van der Waals surface area contributed by atoms with Crippen molar-refractivity contribution in [3.63, 3.8) is 0 Å². The van der Waals surface area contributed by atoms with Gasteiger partial charge in [-0.1, -0.05) is 11.6 Å². The van der Waals surface area contributed by atoms with Crippen molar-refractivity contribution in [1.29, 1.82) is 0 Å². The Labute approximate surface area is 173 Å². The van der Waals surface area contributed by atoms with E-state index in [-0.39, 0.29) is 17.6 Å². The largest absolute Gasteiger partial charge is 0.345 e. The number of aryl methyl sites for hydroxylation is 1. The molecule has 0 saturated carbocycles. The molecule has 0 unspecified atom stereocenters. The minimum Gasteiger partial charge on any atom is -0.345 e. The third-order valence-electron chi connectivity index (χ3n) is 4.62. The SMILES string of the molecule is Cc1cc(C(=O)Nc2ccc(Cl)c(C(=O)N(C)C)c2)c(C)n1-c1ccc(F)cc1. The van der Waals surface area contributed by atoms with Gasteiger partial charge in [-0.15, -0.1) is 0 Å². The van der Waals surface area contributed by atoms with E-state index in [4.69, 9.17) is 11.6 Å². The van der Waals surface area contributed by atoms with E-state index in [9.17, 15) is 14.0 Å². The molecule has 1 heterocycles. The lowest BCUT2D eigenvalue weighted by Gasteiger charge is -2.13. The number of hydrogen-bond acceptors (Lipinski definition) is 2. The van der Waals surface area contributed by atoms with Gasteiger partial charge in [-0.05, 0) is 62.4 Å². The summed E-state index contributed by atoms with van der Waals surface area (Å²) < 4.78 is 15.1. The first-order chi connectivity index (χ1) is 13.7. The highest BCUT2D eigenvalue weighted by atomic mass is 35.5. The van der Waals surface area contributed by atoms with Crippen LogP contribution in [0.25, 0.3) is 5.69 Å². The molecule has 0 aliphatic heterocycles. The number of anilines is 1. The summed E-state index contributed by atoms with van der Waals surface area (Å²) in [5.74, 6) is -0.877. The van der Waals surface area contributed by atoms with Gasteiger partial charge in [0.2, 0.25) is 0 Å². The predicted octanol–water partition coefficient (Wildman–Crippen LogP) is 4.84. The van der Waals surface area contributed by atoms with Crippen LogP contribution >= 0.6 is 11.6 Å². The Morgan fingerprint density at radius 2 is 1.66 bits per heavy atom. The molecule has 2 aromatic carbocycles. The molecular formula is C22H21ClFN3O2. The Hall–Kier alpha value is -3.12. The molecule has 3 aromatic rings. The number of amides is 2. The first-order valence-electron chi connectivity index (χ1n) is 8.96. The van der Waals surface area contributed by atoms with Crippen molar-refractivity contribution >= 4 is 29.1 Å². The van der Waals surface area contributed by atoms with E-state index in [0.717, 1.165) is 17.1 Å². The van der Waals surface area contributed by atoms with Crippen LogP contribution in [0.4, 0.5) is 10.1 Å². The normalized spacial score (nSPS) is 10.7. The Morgan fingerprint density at radius 1 is 1.00 bits per heavy atom. The van der Waals surface area contributed by atoms with Crippen molar-refractivity contribution in [2.45, 2.75) is 13.8 Å². The number of halogens is 2. The van der Waals surface area contributed by atoms with E-state index < -0.39 is 0 Å². The average Bonchev–Trinajstić information content (AvgIpc) is 2.98. The van der Waals surface area contributed by atoms with Crippen LogP contribution < -0.4 is 5.32 Å². The van der Waals surface area contributed by atoms with Crippen LogP contribution in [0.2, 0.25) is 5.02 Å². The number of rotatable bonds is 4. The zero-order chi connectivity index (χ0) is 21.3. The quantitative estimate of drug-likeness (QED) is 0.665. The fourth-order valence-corrected chi connectivity index (χ4v) is 3.38. The van der Waals surface area contributed by atoms with Crippen molar-refractivity contribution < 1.29 is 14.0 Å². The molecule has 0 fully saturated rings. The number of carbonyl (C=O) groups is 2. The van der Waals surface area contributed by atoms with Gasteiger partial charge in [-0.25, -0.2) is 4.39 Å². The van der Waals surface area contributed by atoms with E-state index in [2.05, 4.69) is 5.32 Å². The lowest BCUT2D eigenvalue weighted by molar-refractivity contribution is 0.0827. The molecule has 2 amide bonds. The standard InChI is InChI=1S/C22H21ClFN3O2/c1-13-11-18(14(2)27(13)17-8-5-15(24)6-9-17)21(28)25-16-7-10-20(23)19(12-16)22(29)26(3)4/h5-12H,1-4H3,(H,25,28). The number of aromatic nitrogens is 1. The highest BCUT2D eigenvalue weighted by Crippen LogP contribution is 2.25. The summed E-state index contributed by atoms with van der Waals surface area (Å²) in [7, 11) is 3.27. The maximum absolute atomic E-state index is 13.2. The number of carbonyl (C=O) groups excluding carboxylic acids is 2. The number of nitrogens with one attached hydrogen (secondary N) is 1. The monoisotopic (exact) mass is 413 g/mol. The average molecular weight is 414 g/mol. The molecular weight excluding hydrogens is 393 g/mol. The van der Waals surface area contributed by atoms with Crippen molar-refractivity contribution in [2.24, 2.45) is 0 Å². The van der Waals surface area contributed by atoms with Gasteiger partial charge < -0.3 is 14.8 Å². The number of hydrogen-bond donors (Lipinski definition) is 1. The van der Waals surface area contributed by atoms with Crippen LogP contribution in [-0.2, 0) is 0 Å². The van der Waals surface area contributed by atoms with Crippen molar-refractivity contribution in [2.75, 3.05) is 19.4 Å². The fraction of sp³-hybridized carbons (Fsp3) is 0.182. The van der Waals surface area contributed by atoms with Crippen LogP contribution in [0.3, 0.4) is 0 Å². The van der Waals surface area contributed by atoms with Gasteiger partial charge in [-0.2, -0.15) is 0 Å². The smallest absolute Gasteiger partial charge is 0.257 e. The van der Waals surface area contributed by atoms with E-state index in [1.807, 2.05) is 18.4 Å². The second kappa shape index (κ2) is 8.09. The van der Waals surface area contributed by atoms with Gasteiger partial charge in [0.05, 0.1) is 16.1 Å². The summed E-state index contributed by atoms with van der Waals surface area (Å²) in [6.45, 7) is 3.71. The molecule has 0 aliphatic carbocycles. The van der Waals surface area contributed by atoms with Crippen molar-refractivity contribution in [3.8, 4) is 5.69 Å². The topological polar surface area (TPSA) is 54.3 Å². The molecule has 0 radical (unpaired) electrons. The molecule has 0 bridgehead atoms. The van der Waals surface area contributed by atoms with Crippen molar-refractivity contribution in [1.82, 2.24) is 9.47 Å². The van der Waals surface area contributed by atoms with E-state index in [0.29, 0.717) is 21.8 Å². The van der Waals surface area contributed by atoms with E-state index >= 15 is 0 Å². The second-order valence-corrected chi connectivity index (χ2v) is 7.35. The maximum atomic E-state index is 13.2. The molecule has 5 nitrogen and oxygen atoms in total. The Morgan fingerprint density at radius 3 is 2.28 bits per heavy atom. The summed E-state index contributed by atoms with van der Waals surface area (Å²) in [6.07, 6.45) is 0. The molecule has 7 heteroatoms. The van der Waals surface area contributed by atoms with Gasteiger partial charge in [0.15, 0.2) is 0 Å². The van der Waals surface area contributed by atoms with Crippen LogP contribution in [0.15, 0.2) is 48.5 Å². The number of nitrogens with zero attached hydrogens (tertiary/aromatic N) is 2. The summed E-state index contributed by atoms with van der Waals surface area (Å²) in [5.41, 5.74) is 3.61. The minimum atomic E-state index is -0.319. The zero-order valence-corrected chi connectivity index (χ0v) is 17.3. The Balaban J connectivity index is 1.91. The zero-order valence-electron chi connectivity index (χ0n) is 16.6. The molecule has 0 spiro atoms. The van der Waals surface area contributed by atoms with Crippen molar-refractivity contribution in [3.05, 3.63) is 81.9 Å². The Kier molecular flexibility index (Phi) is 5.75. The van der Waals surface area contributed by atoms with Gasteiger partial charge in [-0.3, -0.25) is 9.59 Å². The summed E-state index contributed by atoms with van der Waals surface area (Å²) >= 11 is 6.13. The van der Waals surface area contributed by atoms with Gasteiger partial charge >= 0.3 is 0 Å². The lowest BCUT2D eigenvalue weighted by atomic mass is 10.1. The first kappa shape index (κ1) is 20.6. The maximum Gasteiger partial charge on any atom is 0.257 e. The highest BCUT2D eigenvalue weighted by molar-refractivity contribution is 6.34. The van der Waals surface area contributed by atoms with Crippen LogP contribution in [-0.4, -0.2) is 35.4 Å². The second-order valence-electron chi connectivity index (χ2n) is 6.94. The molecule has 1 N–H and O–H groups in total. The summed E-state index contributed by atoms with van der Waals surface area (Å²) in [6, 6.07) is 12.6. The molecule has 3 rings (SSSR count). The lowest BCUT2D eigenvalue weighted by Crippen LogP contribution is -2.22. The molecule has 150 valence electrons. The molecule has 29 heavy (non-hydrogen) atoms. The highest BCUT2D eigenvalue weighted by Gasteiger charge is 2.18. The predicted molar refractivity (Wildman–Crippen MR) is 113 cm³/mol. The summed E-state index contributed by atoms with van der Waals surface area (Å²) in [4.78, 5) is 26.5. The fourth-order valence-electron chi connectivity index (χ4n) is 3.19. The Bertz CT molecular complexity index is 1090. The third-order valence-corrected chi connectivity index (χ3v) is 4.95. The van der Waals surface area contributed by atoms with Crippen LogP contribution in [0.1, 0.15) is 32.1 Å². The third kappa shape index (κ3) is 4.17. The van der Waals surface area contributed by atoms with Gasteiger partial charge in [0.1, 0.15) is 5.82 Å². The van der Waals surface area contributed by atoms with Gasteiger partial charge in [0, 0.05) is 36.9 Å². The molecule has 0 saturated heterocycles. The summed E-state index contributed by atoms with van der Waals surface area (Å²) in [5, 5.41) is 3.14. The van der Waals surface area contributed by atoms with Gasteiger partial charge in [0.25, 0.3) is 11.8 Å².